The summed E-state index contributed by atoms with van der Waals surface area (Å²) in [7, 11) is 0. The van der Waals surface area contributed by atoms with Crippen LogP contribution < -0.4 is 5.32 Å². The Balaban J connectivity index is 1.63. The summed E-state index contributed by atoms with van der Waals surface area (Å²) in [5.74, 6) is -0.792. The van der Waals surface area contributed by atoms with Crippen molar-refractivity contribution in [3.05, 3.63) is 87.6 Å². The lowest BCUT2D eigenvalue weighted by Gasteiger charge is -2.16. The van der Waals surface area contributed by atoms with Gasteiger partial charge in [-0.3, -0.25) is 14.4 Å². The fourth-order valence-electron chi connectivity index (χ4n) is 4.23. The highest BCUT2D eigenvalue weighted by atomic mass is 32.1. The van der Waals surface area contributed by atoms with E-state index in [1.807, 2.05) is 35.8 Å². The van der Waals surface area contributed by atoms with Crippen molar-refractivity contribution >= 4 is 34.4 Å². The van der Waals surface area contributed by atoms with Crippen LogP contribution in [0.5, 0.6) is 0 Å². The Bertz CT molecular complexity index is 1450. The van der Waals surface area contributed by atoms with Gasteiger partial charge in [0, 0.05) is 27.4 Å². The minimum absolute atomic E-state index is 0.287. The largest absolute Gasteiger partial charge is 0.481 e. The van der Waals surface area contributed by atoms with Crippen molar-refractivity contribution in [1.29, 1.82) is 0 Å². The summed E-state index contributed by atoms with van der Waals surface area (Å²) in [5.41, 5.74) is 5.29. The molecule has 0 aliphatic carbocycles. The van der Waals surface area contributed by atoms with Crippen LogP contribution >= 0.6 is 11.3 Å². The van der Waals surface area contributed by atoms with E-state index in [1.54, 1.807) is 30.4 Å². The number of carbonyl (C=O) groups is 1. The van der Waals surface area contributed by atoms with Crippen LogP contribution in [0.2, 0.25) is 0 Å². The van der Waals surface area contributed by atoms with Crippen molar-refractivity contribution in [3.63, 3.8) is 0 Å². The van der Waals surface area contributed by atoms with Crippen LogP contribution in [0.25, 0.3) is 5.00 Å². The van der Waals surface area contributed by atoms with Gasteiger partial charge in [-0.1, -0.05) is 12.1 Å². The van der Waals surface area contributed by atoms with Crippen LogP contribution in [0, 0.1) is 32.5 Å². The molecule has 1 aliphatic heterocycles. The summed E-state index contributed by atoms with van der Waals surface area (Å²) in [4.78, 5) is 18.2. The topological polar surface area (TPSA) is 92.4 Å². The Labute approximate surface area is 206 Å². The maximum absolute atomic E-state index is 13.2. The van der Waals surface area contributed by atoms with E-state index in [4.69, 9.17) is 4.99 Å². The summed E-state index contributed by atoms with van der Waals surface area (Å²) in [6.45, 7) is 7.65. The van der Waals surface area contributed by atoms with Gasteiger partial charge < -0.3 is 10.4 Å². The molecule has 0 bridgehead atoms. The molecule has 3 heterocycles. The number of carboxylic acid groups (broad SMARTS) is 1. The van der Waals surface area contributed by atoms with Crippen molar-refractivity contribution in [1.82, 2.24) is 14.8 Å². The van der Waals surface area contributed by atoms with E-state index in [-0.39, 0.29) is 5.82 Å². The predicted molar refractivity (Wildman–Crippen MR) is 135 cm³/mol. The fraction of sp³-hybridized carbons (Fsp3) is 0.231. The molecule has 0 saturated heterocycles. The number of carboxylic acids is 1. The fourth-order valence-corrected chi connectivity index (χ4v) is 5.44. The SMILES string of the molecule is Cc1sc2c(c1C)C(c1ccc(Nc3ccc(F)cc3)cc1)=N[C@@H](C(C)C(=O)O)c1nnc(C)n1-2. The molecule has 178 valence electrons. The standard InChI is InChI=1S/C26H24FN5O2S/c1-13-15(3)35-25-21(13)23(29-22(14(2)26(33)34)24-31-30-16(4)32(24)25)17-5-9-19(10-6-17)28-20-11-7-18(27)8-12-20/h5-12,14,22,28H,1-4H3,(H,33,34)/t14?,22-/m0/s1. The molecule has 0 saturated carbocycles. The quantitative estimate of drug-likeness (QED) is 0.372. The monoisotopic (exact) mass is 489 g/mol. The number of fused-ring (bicyclic) bond motifs is 3. The first-order chi connectivity index (χ1) is 16.7. The third kappa shape index (κ3) is 4.01. The van der Waals surface area contributed by atoms with Gasteiger partial charge in [-0.15, -0.1) is 21.5 Å². The van der Waals surface area contributed by atoms with E-state index >= 15 is 0 Å². The van der Waals surface area contributed by atoms with Crippen LogP contribution in [0.3, 0.4) is 0 Å². The van der Waals surface area contributed by atoms with E-state index < -0.39 is 17.9 Å². The normalized spacial score (nSPS) is 15.6. The van der Waals surface area contributed by atoms with Crippen molar-refractivity contribution in [3.8, 4) is 5.00 Å². The predicted octanol–water partition coefficient (Wildman–Crippen LogP) is 5.75. The Hall–Kier alpha value is -3.85. The van der Waals surface area contributed by atoms with Gasteiger partial charge in [0.2, 0.25) is 0 Å². The van der Waals surface area contributed by atoms with Crippen LogP contribution in [0.4, 0.5) is 15.8 Å². The van der Waals surface area contributed by atoms with Gasteiger partial charge in [0.1, 0.15) is 22.7 Å². The summed E-state index contributed by atoms with van der Waals surface area (Å²) < 4.78 is 15.2. The van der Waals surface area contributed by atoms with Gasteiger partial charge in [0.05, 0.1) is 11.6 Å². The summed E-state index contributed by atoms with van der Waals surface area (Å²) in [5, 5.41) is 22.6. The minimum atomic E-state index is -0.942. The maximum Gasteiger partial charge on any atom is 0.308 e. The van der Waals surface area contributed by atoms with Crippen LogP contribution in [-0.4, -0.2) is 31.6 Å². The number of hydrogen-bond acceptors (Lipinski definition) is 6. The molecule has 9 heteroatoms. The molecule has 7 nitrogen and oxygen atoms in total. The third-order valence-electron chi connectivity index (χ3n) is 6.34. The van der Waals surface area contributed by atoms with Crippen LogP contribution in [-0.2, 0) is 4.79 Å². The molecular weight excluding hydrogens is 465 g/mol. The van der Waals surface area contributed by atoms with E-state index in [9.17, 15) is 14.3 Å². The highest BCUT2D eigenvalue weighted by Crippen LogP contribution is 2.40. The lowest BCUT2D eigenvalue weighted by molar-refractivity contribution is -0.141. The Morgan fingerprint density at radius 3 is 2.31 bits per heavy atom. The number of nitrogens with one attached hydrogen (secondary N) is 1. The van der Waals surface area contributed by atoms with Gasteiger partial charge in [-0.05, 0) is 69.7 Å². The molecule has 2 atom stereocenters. The minimum Gasteiger partial charge on any atom is -0.481 e. The molecule has 0 spiro atoms. The number of rotatable bonds is 5. The van der Waals surface area contributed by atoms with Crippen molar-refractivity contribution < 1.29 is 14.3 Å². The second-order valence-electron chi connectivity index (χ2n) is 8.66. The third-order valence-corrected chi connectivity index (χ3v) is 7.54. The highest BCUT2D eigenvalue weighted by Gasteiger charge is 2.36. The number of anilines is 2. The van der Waals surface area contributed by atoms with Gasteiger partial charge in [-0.25, -0.2) is 4.39 Å². The highest BCUT2D eigenvalue weighted by molar-refractivity contribution is 7.15. The number of aliphatic imine (C=N–C) groups is 1. The van der Waals surface area contributed by atoms with E-state index in [2.05, 4.69) is 29.4 Å². The van der Waals surface area contributed by atoms with E-state index in [1.165, 1.54) is 12.1 Å². The second-order valence-corrected chi connectivity index (χ2v) is 9.87. The molecule has 2 aromatic heterocycles. The second kappa shape index (κ2) is 8.74. The number of aryl methyl sites for hydroxylation is 2. The molecule has 35 heavy (non-hydrogen) atoms. The molecular formula is C26H24FN5O2S. The van der Waals surface area contributed by atoms with Crippen molar-refractivity contribution in [2.45, 2.75) is 33.7 Å². The number of halogens is 1. The summed E-state index contributed by atoms with van der Waals surface area (Å²) in [6.07, 6.45) is 0. The number of nitrogens with zero attached hydrogens (tertiary/aromatic N) is 4. The van der Waals surface area contributed by atoms with E-state index in [0.29, 0.717) is 11.6 Å². The molecule has 2 aromatic carbocycles. The Morgan fingerprint density at radius 1 is 1.06 bits per heavy atom. The van der Waals surface area contributed by atoms with Gasteiger partial charge >= 0.3 is 5.97 Å². The lowest BCUT2D eigenvalue weighted by Crippen LogP contribution is -2.21. The number of aliphatic carboxylic acids is 1. The molecule has 0 radical (unpaired) electrons. The average molecular weight is 490 g/mol. The zero-order valence-corrected chi connectivity index (χ0v) is 20.5. The molecule has 0 fully saturated rings. The smallest absolute Gasteiger partial charge is 0.308 e. The molecule has 2 N–H and O–H groups in total. The number of thiophene rings is 1. The number of hydrogen-bond donors (Lipinski definition) is 2. The lowest BCUT2D eigenvalue weighted by atomic mass is 9.98. The average Bonchev–Trinajstić information content (AvgIpc) is 3.30. The zero-order valence-electron chi connectivity index (χ0n) is 19.7. The van der Waals surface area contributed by atoms with E-state index in [0.717, 1.165) is 43.7 Å². The van der Waals surface area contributed by atoms with Gasteiger partial charge in [0.15, 0.2) is 5.82 Å². The van der Waals surface area contributed by atoms with Crippen molar-refractivity contribution in [2.24, 2.45) is 10.9 Å². The van der Waals surface area contributed by atoms with Crippen molar-refractivity contribution in [2.75, 3.05) is 5.32 Å². The first kappa shape index (κ1) is 22.9. The maximum atomic E-state index is 13.2. The summed E-state index contributed by atoms with van der Waals surface area (Å²) in [6, 6.07) is 13.3. The molecule has 1 aliphatic rings. The van der Waals surface area contributed by atoms with Crippen LogP contribution in [0.15, 0.2) is 53.5 Å². The first-order valence-electron chi connectivity index (χ1n) is 11.2. The van der Waals surface area contributed by atoms with Gasteiger partial charge in [-0.2, -0.15) is 0 Å². The van der Waals surface area contributed by atoms with Crippen LogP contribution in [0.1, 0.15) is 46.2 Å². The number of aromatic nitrogens is 3. The van der Waals surface area contributed by atoms with Gasteiger partial charge in [0.25, 0.3) is 0 Å². The Morgan fingerprint density at radius 2 is 1.69 bits per heavy atom. The zero-order chi connectivity index (χ0) is 24.9. The molecule has 1 unspecified atom stereocenters. The number of benzene rings is 2. The summed E-state index contributed by atoms with van der Waals surface area (Å²) >= 11 is 1.63. The first-order valence-corrected chi connectivity index (χ1v) is 12.0. The Kier molecular flexibility index (Phi) is 5.72. The molecule has 5 rings (SSSR count). The molecule has 4 aromatic rings. The molecule has 0 amide bonds.